The molecular weight excluding hydrogens is 935 g/mol. The first-order valence-corrected chi connectivity index (χ1v) is 29.8. The summed E-state index contributed by atoms with van der Waals surface area (Å²) in [5.74, 6) is -2.40. The molecule has 0 radical (unpaired) electrons. The minimum Gasteiger partial charge on any atom is -0.462 e. The molecule has 7 rings (SSSR count). The summed E-state index contributed by atoms with van der Waals surface area (Å²) < 4.78 is 73.0. The van der Waals surface area contributed by atoms with Crippen molar-refractivity contribution < 1.29 is 61.7 Å². The van der Waals surface area contributed by atoms with Crippen molar-refractivity contribution in [3.8, 4) is 0 Å². The summed E-state index contributed by atoms with van der Waals surface area (Å²) >= 11 is 0. The predicted octanol–water partition coefficient (Wildman–Crippen LogP) is 9.32. The first-order chi connectivity index (χ1) is 33.8. The molecule has 0 saturated carbocycles. The molecule has 15 heteroatoms. The van der Waals surface area contributed by atoms with Crippen molar-refractivity contribution in [1.29, 1.82) is 0 Å². The molecule has 0 aromatic carbocycles. The Bertz CT molecular complexity index is 2070. The van der Waals surface area contributed by atoms with Crippen molar-refractivity contribution in [3.05, 3.63) is 71.9 Å². The second-order valence-electron chi connectivity index (χ2n) is 23.8. The number of carbonyl (C=O) groups is 1. The Morgan fingerprint density at radius 2 is 1.68 bits per heavy atom. The minimum absolute atomic E-state index is 0.0881. The van der Waals surface area contributed by atoms with Gasteiger partial charge in [0.25, 0.3) is 0 Å². The van der Waals surface area contributed by atoms with Crippen molar-refractivity contribution in [1.82, 2.24) is 0 Å². The van der Waals surface area contributed by atoms with Crippen molar-refractivity contribution in [2.24, 2.45) is 29.4 Å². The fourth-order valence-electron chi connectivity index (χ4n) is 11.9. The molecule has 6 heterocycles. The molecule has 14 nitrogen and oxygen atoms in total. The summed E-state index contributed by atoms with van der Waals surface area (Å²) in [5.41, 5.74) is 6.75. The lowest BCUT2D eigenvalue weighted by molar-refractivity contribution is -0.316. The maximum Gasteiger partial charge on any atom is 0.316 e. The van der Waals surface area contributed by atoms with E-state index in [2.05, 4.69) is 93.3 Å². The summed E-state index contributed by atoms with van der Waals surface area (Å²) in [5, 5.41) is 13.1. The Kier molecular flexibility index (Phi) is 18.1. The maximum atomic E-state index is 14.9. The lowest BCUT2D eigenvalue weighted by Gasteiger charge is -2.49. The molecule has 1 spiro atoms. The molecule has 3 N–H and O–H groups in total. The standard InChI is InChI=1S/C57H91NO13Si/c1-17-25-56(58)39(9)65-47(30-45(56)62-14)68-51-38(8)64-46(29-44(51)61-13)67-48-34(4)20-19-21-40-32-63-52-50(71-72(15,16)54(10,11)12)37(7)27-43(57(40,52)60)53(59)66-42-28-41(23-22-35(48)5)69-55(31-42)26-24-36(6)49(70-55)33(3)18-2/h17,19-22,24,26-27,33-34,36,38-39,41-52,60H,1,18,23,25,28-32,58H2,2-16H3/b20-19+,35-22+,40-21+/t33-,34-,36-,38-,39-,41+,42-,43-,44-,45-,46-,47-,48-,49+,50+,51-,52+,55+,56-,57+/m0/s1. The van der Waals surface area contributed by atoms with E-state index < -0.39 is 86.3 Å². The van der Waals surface area contributed by atoms with Crippen LogP contribution in [0.3, 0.4) is 0 Å². The SMILES string of the molecule is C=CC[C@]1(N)[C@H](C)O[C@@H](O[C@H]2[C@H](C)O[C@@H](O[C@@H]3/C(C)=C/C[C@@H]4C[C@@H](C[C@]5(C=C[C@H](C)[C@@H]([C@@H](C)CC)O5)O4)OC(=O)[C@@H]4C=C(C)[C@@H](O[Si](C)(C)C(C)(C)C)[C@H]5OC/C(=C\C=C\[C@@H]3C)[C@]54O)C[C@@H]2OC)C[C@@H]1OC. The summed E-state index contributed by atoms with van der Waals surface area (Å²) in [6, 6.07) is 0. The van der Waals surface area contributed by atoms with E-state index in [4.69, 9.17) is 57.5 Å². The van der Waals surface area contributed by atoms with Crippen LogP contribution in [0.5, 0.6) is 0 Å². The zero-order valence-corrected chi connectivity index (χ0v) is 47.2. The molecular formula is C57H91NO13Si. The Morgan fingerprint density at radius 3 is 2.35 bits per heavy atom. The van der Waals surface area contributed by atoms with Crippen LogP contribution in [0.2, 0.25) is 18.1 Å². The van der Waals surface area contributed by atoms with Gasteiger partial charge < -0.3 is 62.6 Å². The second-order valence-corrected chi connectivity index (χ2v) is 28.6. The number of nitrogens with two attached hydrogens (primary N) is 1. The van der Waals surface area contributed by atoms with Crippen LogP contribution in [-0.2, 0) is 56.6 Å². The van der Waals surface area contributed by atoms with Crippen LogP contribution in [0.25, 0.3) is 0 Å². The Hall–Kier alpha value is -2.35. The summed E-state index contributed by atoms with van der Waals surface area (Å²) in [6.07, 6.45) is 13.5. The maximum absolute atomic E-state index is 14.9. The third-order valence-corrected chi connectivity index (χ3v) is 22.1. The van der Waals surface area contributed by atoms with Gasteiger partial charge in [0, 0.05) is 51.7 Å². The van der Waals surface area contributed by atoms with Crippen molar-refractivity contribution in [2.45, 2.75) is 236 Å². The zero-order chi connectivity index (χ0) is 52.7. The van der Waals surface area contributed by atoms with Crippen molar-refractivity contribution in [2.75, 3.05) is 20.8 Å². The van der Waals surface area contributed by atoms with E-state index in [9.17, 15) is 9.90 Å². The number of aliphatic hydroxyl groups is 1. The molecule has 4 saturated heterocycles. The number of carbonyl (C=O) groups excluding carboxylic acids is 1. The van der Waals surface area contributed by atoms with Crippen molar-refractivity contribution in [3.63, 3.8) is 0 Å². The van der Waals surface area contributed by atoms with Crippen LogP contribution in [0.1, 0.15) is 121 Å². The Labute approximate surface area is 432 Å². The molecule has 72 heavy (non-hydrogen) atoms. The number of allylic oxidation sites excluding steroid dienone is 2. The van der Waals surface area contributed by atoms with Gasteiger partial charge in [-0.25, -0.2) is 0 Å². The average molecular weight is 1030 g/mol. The molecule has 4 fully saturated rings. The first-order valence-electron chi connectivity index (χ1n) is 26.9. The molecule has 2 bridgehead atoms. The summed E-state index contributed by atoms with van der Waals surface area (Å²) in [6.45, 7) is 31.6. The molecule has 0 amide bonds. The molecule has 0 aromatic heterocycles. The van der Waals surface area contributed by atoms with Gasteiger partial charge in [0.05, 0.1) is 61.0 Å². The quantitative estimate of drug-likeness (QED) is 0.108. The summed E-state index contributed by atoms with van der Waals surface area (Å²) in [4.78, 5) is 14.9. The number of ether oxygens (including phenoxy) is 10. The van der Waals surface area contributed by atoms with Gasteiger partial charge in [-0.1, -0.05) is 97.4 Å². The minimum atomic E-state index is -2.38. The average Bonchev–Trinajstić information content (AvgIpc) is 3.65. The molecule has 406 valence electrons. The van der Waals surface area contributed by atoms with Gasteiger partial charge in [0.1, 0.15) is 29.8 Å². The molecule has 0 aromatic rings. The smallest absolute Gasteiger partial charge is 0.316 e. The monoisotopic (exact) mass is 1030 g/mol. The lowest BCUT2D eigenvalue weighted by Crippen LogP contribution is -2.65. The number of hydrogen-bond donors (Lipinski definition) is 2. The highest BCUT2D eigenvalue weighted by molar-refractivity contribution is 6.74. The Balaban J connectivity index is 1.21. The van der Waals surface area contributed by atoms with E-state index in [0.29, 0.717) is 44.1 Å². The fraction of sp³-hybridized carbons (Fsp3) is 0.772. The topological polar surface area (TPSA) is 165 Å². The van der Waals surface area contributed by atoms with Gasteiger partial charge in [-0.05, 0) is 87.4 Å². The van der Waals surface area contributed by atoms with Gasteiger partial charge >= 0.3 is 5.97 Å². The van der Waals surface area contributed by atoms with E-state index in [1.807, 2.05) is 45.1 Å². The van der Waals surface area contributed by atoms with Crippen LogP contribution < -0.4 is 5.73 Å². The third kappa shape index (κ3) is 11.6. The Morgan fingerprint density at radius 1 is 0.958 bits per heavy atom. The molecule has 6 aliphatic heterocycles. The molecule has 7 aliphatic rings. The number of methoxy groups -OCH3 is 2. The molecule has 20 atom stereocenters. The van der Waals surface area contributed by atoms with Crippen LogP contribution >= 0.6 is 0 Å². The normalized spacial score (nSPS) is 45.5. The van der Waals surface area contributed by atoms with E-state index in [0.717, 1.165) is 17.6 Å². The number of hydrogen-bond acceptors (Lipinski definition) is 14. The highest BCUT2D eigenvalue weighted by Crippen LogP contribution is 2.50. The fourth-order valence-corrected chi connectivity index (χ4v) is 13.2. The van der Waals surface area contributed by atoms with Crippen LogP contribution in [0.4, 0.5) is 0 Å². The van der Waals surface area contributed by atoms with E-state index in [-0.39, 0.29) is 59.9 Å². The van der Waals surface area contributed by atoms with Gasteiger partial charge in [-0.2, -0.15) is 0 Å². The zero-order valence-electron chi connectivity index (χ0n) is 46.2. The van der Waals surface area contributed by atoms with Crippen LogP contribution in [-0.4, -0.2) is 137 Å². The third-order valence-electron chi connectivity index (χ3n) is 17.6. The van der Waals surface area contributed by atoms with Crippen LogP contribution in [0, 0.1) is 23.7 Å². The van der Waals surface area contributed by atoms with Crippen molar-refractivity contribution >= 4 is 14.3 Å². The number of rotatable bonds is 12. The van der Waals surface area contributed by atoms with E-state index in [1.165, 1.54) is 0 Å². The van der Waals surface area contributed by atoms with E-state index >= 15 is 0 Å². The van der Waals surface area contributed by atoms with Gasteiger partial charge in [-0.3, -0.25) is 4.79 Å². The molecule has 1 aliphatic carbocycles. The largest absolute Gasteiger partial charge is 0.462 e. The van der Waals surface area contributed by atoms with Gasteiger partial charge in [0.2, 0.25) is 0 Å². The van der Waals surface area contributed by atoms with Crippen LogP contribution in [0.15, 0.2) is 71.9 Å². The van der Waals surface area contributed by atoms with Gasteiger partial charge in [-0.15, -0.1) is 6.58 Å². The predicted molar refractivity (Wildman–Crippen MR) is 279 cm³/mol. The first kappa shape index (κ1) is 57.4. The second kappa shape index (κ2) is 22.7. The summed E-state index contributed by atoms with van der Waals surface area (Å²) in [7, 11) is 0.971. The number of esters is 1. The lowest BCUT2D eigenvalue weighted by atomic mass is 9.71. The molecule has 0 unspecified atom stereocenters. The highest BCUT2D eigenvalue weighted by Gasteiger charge is 2.62. The highest BCUT2D eigenvalue weighted by atomic mass is 28.4. The van der Waals surface area contributed by atoms with Gasteiger partial charge in [0.15, 0.2) is 26.7 Å². The van der Waals surface area contributed by atoms with E-state index in [1.54, 1.807) is 20.3 Å². The number of fused-ring (bicyclic) bond motifs is 2.